The molecule has 0 spiro atoms. The summed E-state index contributed by atoms with van der Waals surface area (Å²) in [7, 11) is 0. The molecule has 0 aliphatic carbocycles. The SMILES string of the molecule is CCCCCCCCCCCCCCC(CCC)OC(C)=O. The number of carbonyl (C=O) groups excluding carboxylic acids is 1. The molecule has 132 valence electrons. The van der Waals surface area contributed by atoms with Crippen molar-refractivity contribution in [2.45, 2.75) is 123 Å². The van der Waals surface area contributed by atoms with Crippen molar-refractivity contribution < 1.29 is 9.53 Å². The van der Waals surface area contributed by atoms with Gasteiger partial charge >= 0.3 is 5.97 Å². The highest BCUT2D eigenvalue weighted by atomic mass is 16.5. The van der Waals surface area contributed by atoms with Gasteiger partial charge in [-0.2, -0.15) is 0 Å². The molecule has 0 bridgehead atoms. The Bertz CT molecular complexity index is 238. The van der Waals surface area contributed by atoms with Crippen LogP contribution in [0.3, 0.4) is 0 Å². The predicted octanol–water partition coefficient (Wildman–Crippen LogP) is 6.81. The van der Waals surface area contributed by atoms with E-state index in [9.17, 15) is 4.79 Å². The van der Waals surface area contributed by atoms with Crippen molar-refractivity contribution in [3.63, 3.8) is 0 Å². The molecule has 0 heterocycles. The van der Waals surface area contributed by atoms with E-state index >= 15 is 0 Å². The Balaban J connectivity index is 3.29. The van der Waals surface area contributed by atoms with Gasteiger partial charge < -0.3 is 4.74 Å². The molecule has 0 saturated carbocycles. The van der Waals surface area contributed by atoms with Gasteiger partial charge in [-0.3, -0.25) is 4.79 Å². The fraction of sp³-hybridized carbons (Fsp3) is 0.950. The van der Waals surface area contributed by atoms with E-state index in [0.29, 0.717) is 0 Å². The summed E-state index contributed by atoms with van der Waals surface area (Å²) >= 11 is 0. The van der Waals surface area contributed by atoms with Gasteiger partial charge in [0.05, 0.1) is 0 Å². The number of esters is 1. The second-order valence-corrected chi connectivity index (χ2v) is 6.70. The van der Waals surface area contributed by atoms with Crippen LogP contribution in [0.5, 0.6) is 0 Å². The van der Waals surface area contributed by atoms with Crippen LogP contribution in [-0.4, -0.2) is 12.1 Å². The van der Waals surface area contributed by atoms with Crippen molar-refractivity contribution in [2.75, 3.05) is 0 Å². The Hall–Kier alpha value is -0.530. The van der Waals surface area contributed by atoms with Gasteiger partial charge in [-0.15, -0.1) is 0 Å². The molecular weight excluding hydrogens is 272 g/mol. The third kappa shape index (κ3) is 15.9. The summed E-state index contributed by atoms with van der Waals surface area (Å²) in [5, 5.41) is 0. The lowest BCUT2D eigenvalue weighted by Gasteiger charge is -2.15. The Kier molecular flexibility index (Phi) is 16.4. The maximum absolute atomic E-state index is 11.0. The molecule has 0 N–H and O–H groups in total. The van der Waals surface area contributed by atoms with Gasteiger partial charge in [0.15, 0.2) is 0 Å². The molecule has 0 aromatic rings. The predicted molar refractivity (Wildman–Crippen MR) is 96.2 cm³/mol. The van der Waals surface area contributed by atoms with Gasteiger partial charge in [0, 0.05) is 6.92 Å². The topological polar surface area (TPSA) is 26.3 Å². The number of hydrogen-bond acceptors (Lipinski definition) is 2. The van der Waals surface area contributed by atoms with E-state index in [0.717, 1.165) is 19.3 Å². The molecule has 1 unspecified atom stereocenters. The first kappa shape index (κ1) is 21.5. The second kappa shape index (κ2) is 16.8. The smallest absolute Gasteiger partial charge is 0.302 e. The summed E-state index contributed by atoms with van der Waals surface area (Å²) in [4.78, 5) is 11.0. The zero-order valence-corrected chi connectivity index (χ0v) is 15.5. The first-order chi connectivity index (χ1) is 10.7. The van der Waals surface area contributed by atoms with Crippen molar-refractivity contribution in [3.8, 4) is 0 Å². The standard InChI is InChI=1S/C20H40O2/c1-4-6-7-8-9-10-11-12-13-14-15-16-18-20(17-5-2)22-19(3)21/h20H,4-18H2,1-3H3. The number of carbonyl (C=O) groups is 1. The summed E-state index contributed by atoms with van der Waals surface area (Å²) in [5.41, 5.74) is 0. The summed E-state index contributed by atoms with van der Waals surface area (Å²) < 4.78 is 5.35. The molecule has 0 fully saturated rings. The molecule has 2 heteroatoms. The van der Waals surface area contributed by atoms with Crippen molar-refractivity contribution in [2.24, 2.45) is 0 Å². The van der Waals surface area contributed by atoms with Crippen LogP contribution in [-0.2, 0) is 9.53 Å². The number of unbranched alkanes of at least 4 members (excludes halogenated alkanes) is 11. The fourth-order valence-corrected chi connectivity index (χ4v) is 3.03. The van der Waals surface area contributed by atoms with E-state index in [4.69, 9.17) is 4.74 Å². The van der Waals surface area contributed by atoms with Crippen molar-refractivity contribution >= 4 is 5.97 Å². The average molecular weight is 313 g/mol. The number of rotatable bonds is 16. The third-order valence-electron chi connectivity index (χ3n) is 4.32. The molecule has 1 atom stereocenters. The first-order valence-electron chi connectivity index (χ1n) is 9.87. The Morgan fingerprint density at radius 1 is 0.682 bits per heavy atom. The summed E-state index contributed by atoms with van der Waals surface area (Å²) in [6, 6.07) is 0. The van der Waals surface area contributed by atoms with Crippen LogP contribution >= 0.6 is 0 Å². The van der Waals surface area contributed by atoms with Gasteiger partial charge in [-0.1, -0.05) is 90.9 Å². The molecule has 0 aromatic heterocycles. The highest BCUT2D eigenvalue weighted by Crippen LogP contribution is 2.15. The van der Waals surface area contributed by atoms with Crippen LogP contribution in [0.15, 0.2) is 0 Å². The minimum atomic E-state index is -0.127. The van der Waals surface area contributed by atoms with Crippen LogP contribution < -0.4 is 0 Å². The highest BCUT2D eigenvalue weighted by molar-refractivity contribution is 5.66. The lowest BCUT2D eigenvalue weighted by atomic mass is 10.0. The van der Waals surface area contributed by atoms with Crippen molar-refractivity contribution in [3.05, 3.63) is 0 Å². The average Bonchev–Trinajstić information content (AvgIpc) is 2.48. The quantitative estimate of drug-likeness (QED) is 0.231. The number of hydrogen-bond donors (Lipinski definition) is 0. The fourth-order valence-electron chi connectivity index (χ4n) is 3.03. The maximum atomic E-state index is 11.0. The van der Waals surface area contributed by atoms with E-state index in [1.807, 2.05) is 0 Å². The lowest BCUT2D eigenvalue weighted by Crippen LogP contribution is -2.15. The molecule has 22 heavy (non-hydrogen) atoms. The van der Waals surface area contributed by atoms with E-state index in [1.54, 1.807) is 0 Å². The summed E-state index contributed by atoms with van der Waals surface area (Å²) in [6.07, 6.45) is 19.8. The van der Waals surface area contributed by atoms with Crippen LogP contribution in [0.4, 0.5) is 0 Å². The molecule has 0 radical (unpaired) electrons. The van der Waals surface area contributed by atoms with E-state index in [1.165, 1.54) is 84.0 Å². The van der Waals surface area contributed by atoms with Crippen molar-refractivity contribution in [1.29, 1.82) is 0 Å². The first-order valence-corrected chi connectivity index (χ1v) is 9.87. The Labute approximate surface area is 139 Å². The Morgan fingerprint density at radius 2 is 1.14 bits per heavy atom. The van der Waals surface area contributed by atoms with E-state index in [2.05, 4.69) is 13.8 Å². The molecule has 0 rings (SSSR count). The second-order valence-electron chi connectivity index (χ2n) is 6.70. The third-order valence-corrected chi connectivity index (χ3v) is 4.32. The molecule has 0 aliphatic heterocycles. The number of ether oxygens (including phenoxy) is 1. The Morgan fingerprint density at radius 3 is 1.55 bits per heavy atom. The molecule has 0 amide bonds. The lowest BCUT2D eigenvalue weighted by molar-refractivity contribution is -0.147. The monoisotopic (exact) mass is 312 g/mol. The summed E-state index contributed by atoms with van der Waals surface area (Å²) in [6.45, 7) is 5.94. The highest BCUT2D eigenvalue weighted by Gasteiger charge is 2.10. The zero-order valence-electron chi connectivity index (χ0n) is 15.5. The van der Waals surface area contributed by atoms with E-state index < -0.39 is 0 Å². The maximum Gasteiger partial charge on any atom is 0.302 e. The van der Waals surface area contributed by atoms with Crippen LogP contribution in [0, 0.1) is 0 Å². The normalized spacial score (nSPS) is 12.3. The van der Waals surface area contributed by atoms with Gasteiger partial charge in [-0.05, 0) is 19.3 Å². The van der Waals surface area contributed by atoms with Gasteiger partial charge in [0.25, 0.3) is 0 Å². The zero-order chi connectivity index (χ0) is 16.5. The molecule has 0 saturated heterocycles. The molecule has 0 aliphatic rings. The molecule has 2 nitrogen and oxygen atoms in total. The largest absolute Gasteiger partial charge is 0.463 e. The van der Waals surface area contributed by atoms with Crippen molar-refractivity contribution in [1.82, 2.24) is 0 Å². The molecular formula is C20H40O2. The minimum absolute atomic E-state index is 0.127. The van der Waals surface area contributed by atoms with Gasteiger partial charge in [0.2, 0.25) is 0 Å². The minimum Gasteiger partial charge on any atom is -0.463 e. The van der Waals surface area contributed by atoms with Crippen LogP contribution in [0.1, 0.15) is 117 Å². The van der Waals surface area contributed by atoms with Crippen LogP contribution in [0.25, 0.3) is 0 Å². The van der Waals surface area contributed by atoms with Gasteiger partial charge in [-0.25, -0.2) is 0 Å². The summed E-state index contributed by atoms with van der Waals surface area (Å²) in [5.74, 6) is -0.127. The van der Waals surface area contributed by atoms with Crippen LogP contribution in [0.2, 0.25) is 0 Å². The van der Waals surface area contributed by atoms with Gasteiger partial charge in [0.1, 0.15) is 6.10 Å². The van der Waals surface area contributed by atoms with E-state index in [-0.39, 0.29) is 12.1 Å². The molecule has 0 aromatic carbocycles.